The number of carbonyl (C=O) groups excluding carboxylic acids is 3. The average Bonchev–Trinajstić information content (AvgIpc) is 3.19. The molecule has 3 fully saturated rings. The van der Waals surface area contributed by atoms with E-state index in [9.17, 15) is 44.8 Å². The van der Waals surface area contributed by atoms with Gasteiger partial charge in [0.05, 0.1) is 11.8 Å². The number of allylic oxidation sites excluding steroid dienone is 1. The molecule has 2 saturated carbocycles. The Morgan fingerprint density at radius 1 is 1.26 bits per heavy atom. The van der Waals surface area contributed by atoms with Crippen molar-refractivity contribution in [1.82, 2.24) is 0 Å². The van der Waals surface area contributed by atoms with Crippen molar-refractivity contribution in [2.75, 3.05) is 0 Å². The predicted molar refractivity (Wildman–Crippen MR) is 88.8 cm³/mol. The zero-order chi connectivity index (χ0) is 23.7. The average molecular weight is 476 g/mol. The highest BCUT2D eigenvalue weighted by Crippen LogP contribution is 2.62. The lowest BCUT2D eigenvalue weighted by molar-refractivity contribution is -0.262. The highest BCUT2D eigenvalue weighted by molar-refractivity contribution is 7.86. The quantitative estimate of drug-likeness (QED) is 0.256. The molecule has 7 unspecified atom stereocenters. The number of fused-ring (bicyclic) bond motifs is 1. The maximum atomic E-state index is 13.7. The number of esters is 2. The second kappa shape index (κ2) is 7.22. The first-order valence-corrected chi connectivity index (χ1v) is 10.4. The highest BCUT2D eigenvalue weighted by atomic mass is 32.2. The zero-order valence-electron chi connectivity index (χ0n) is 15.8. The van der Waals surface area contributed by atoms with Gasteiger partial charge in [-0.1, -0.05) is 6.58 Å². The normalized spacial score (nSPS) is 33.2. The fourth-order valence-electron chi connectivity index (χ4n) is 4.84. The standard InChI is InChI=1S/C17H17F5O8S/c1-5(2)9(23)4-7-6-3-8-10(7)13(24)29-12(8)11(6)14(25)30-15(16(18,19)20)17(21,22)31(26,27)28/h6-8,10-12,15H,1,3-4H2,2H3,(H,26,27,28). The second-order valence-electron chi connectivity index (χ2n) is 7.98. The number of carbonyl (C=O) groups is 3. The van der Waals surface area contributed by atoms with Gasteiger partial charge in [0.25, 0.3) is 6.10 Å². The summed E-state index contributed by atoms with van der Waals surface area (Å²) in [5.41, 5.74) is 0.148. The summed E-state index contributed by atoms with van der Waals surface area (Å²) in [6, 6.07) is 0. The number of ketones is 1. The Hall–Kier alpha value is -2.09. The zero-order valence-corrected chi connectivity index (χ0v) is 16.6. The first-order valence-electron chi connectivity index (χ1n) is 8.99. The molecule has 31 heavy (non-hydrogen) atoms. The molecule has 1 N–H and O–H groups in total. The molecule has 14 heteroatoms. The number of halogens is 5. The summed E-state index contributed by atoms with van der Waals surface area (Å²) in [6.07, 6.45) is -11.9. The van der Waals surface area contributed by atoms with Crippen molar-refractivity contribution < 1.29 is 58.8 Å². The minimum atomic E-state index is -6.59. The lowest BCUT2D eigenvalue weighted by atomic mass is 9.72. The van der Waals surface area contributed by atoms with Crippen molar-refractivity contribution in [2.24, 2.45) is 29.6 Å². The number of ether oxygens (including phenoxy) is 2. The molecule has 3 aliphatic rings. The van der Waals surface area contributed by atoms with Crippen molar-refractivity contribution in [3.8, 4) is 0 Å². The Morgan fingerprint density at radius 3 is 2.32 bits per heavy atom. The molecule has 0 radical (unpaired) electrons. The van der Waals surface area contributed by atoms with Crippen molar-refractivity contribution in [2.45, 2.75) is 43.4 Å². The van der Waals surface area contributed by atoms with E-state index in [2.05, 4.69) is 11.3 Å². The van der Waals surface area contributed by atoms with E-state index < -0.39 is 81.1 Å². The van der Waals surface area contributed by atoms with Crippen LogP contribution >= 0.6 is 0 Å². The molecule has 8 nitrogen and oxygen atoms in total. The molecule has 1 heterocycles. The Labute approximate surface area is 172 Å². The highest BCUT2D eigenvalue weighted by Gasteiger charge is 2.71. The van der Waals surface area contributed by atoms with E-state index in [1.165, 1.54) is 6.92 Å². The van der Waals surface area contributed by atoms with Crippen molar-refractivity contribution in [3.05, 3.63) is 12.2 Å². The van der Waals surface area contributed by atoms with Gasteiger partial charge in [-0.3, -0.25) is 18.9 Å². The van der Waals surface area contributed by atoms with Crippen LogP contribution in [-0.2, 0) is 34.0 Å². The summed E-state index contributed by atoms with van der Waals surface area (Å²) in [7, 11) is -6.59. The summed E-state index contributed by atoms with van der Waals surface area (Å²) in [6.45, 7) is 4.87. The minimum Gasteiger partial charge on any atom is -0.461 e. The fourth-order valence-corrected chi connectivity index (χ4v) is 5.29. The van der Waals surface area contributed by atoms with Gasteiger partial charge < -0.3 is 9.47 Å². The molecule has 3 rings (SSSR count). The third-order valence-electron chi connectivity index (χ3n) is 6.13. The summed E-state index contributed by atoms with van der Waals surface area (Å²) < 4.78 is 106. The van der Waals surface area contributed by atoms with Gasteiger partial charge in [0.1, 0.15) is 6.10 Å². The number of rotatable bonds is 7. The third-order valence-corrected chi connectivity index (χ3v) is 7.03. The third kappa shape index (κ3) is 3.73. The van der Waals surface area contributed by atoms with Crippen LogP contribution in [0.1, 0.15) is 19.8 Å². The van der Waals surface area contributed by atoms with E-state index in [-0.39, 0.29) is 18.4 Å². The van der Waals surface area contributed by atoms with Crippen LogP contribution in [0.25, 0.3) is 0 Å². The molecular weight excluding hydrogens is 459 g/mol. The van der Waals surface area contributed by atoms with E-state index in [1.807, 2.05) is 0 Å². The maximum absolute atomic E-state index is 13.7. The second-order valence-corrected chi connectivity index (χ2v) is 9.48. The minimum absolute atomic E-state index is 0.111. The monoisotopic (exact) mass is 476 g/mol. The van der Waals surface area contributed by atoms with E-state index >= 15 is 0 Å². The number of alkyl halides is 5. The predicted octanol–water partition coefficient (Wildman–Crippen LogP) is 1.90. The van der Waals surface area contributed by atoms with E-state index in [1.54, 1.807) is 0 Å². The molecule has 0 aromatic carbocycles. The molecule has 0 amide bonds. The van der Waals surface area contributed by atoms with Crippen molar-refractivity contribution in [3.63, 3.8) is 0 Å². The topological polar surface area (TPSA) is 124 Å². The molecule has 1 aliphatic heterocycles. The van der Waals surface area contributed by atoms with Crippen LogP contribution in [-0.4, -0.2) is 54.3 Å². The molecule has 1 saturated heterocycles. The smallest absolute Gasteiger partial charge is 0.432 e. The van der Waals surface area contributed by atoms with Gasteiger partial charge in [-0.15, -0.1) is 0 Å². The number of hydrogen-bond acceptors (Lipinski definition) is 7. The van der Waals surface area contributed by atoms with E-state index in [0.29, 0.717) is 0 Å². The summed E-state index contributed by atoms with van der Waals surface area (Å²) in [5.74, 6) is -7.75. The van der Waals surface area contributed by atoms with Gasteiger partial charge in [0.2, 0.25) is 0 Å². The van der Waals surface area contributed by atoms with E-state index in [0.717, 1.165) is 0 Å². The van der Waals surface area contributed by atoms with Crippen LogP contribution in [0.4, 0.5) is 22.0 Å². The molecule has 2 aliphatic carbocycles. The lowest BCUT2D eigenvalue weighted by Crippen LogP contribution is -2.53. The Kier molecular flexibility index (Phi) is 5.49. The molecule has 2 bridgehead atoms. The Morgan fingerprint density at radius 2 is 1.84 bits per heavy atom. The van der Waals surface area contributed by atoms with Crippen LogP contribution in [0, 0.1) is 29.6 Å². The van der Waals surface area contributed by atoms with Gasteiger partial charge in [0.15, 0.2) is 5.78 Å². The van der Waals surface area contributed by atoms with Gasteiger partial charge in [-0.05, 0) is 30.8 Å². The van der Waals surface area contributed by atoms with Gasteiger partial charge in [-0.25, -0.2) is 0 Å². The van der Waals surface area contributed by atoms with Crippen LogP contribution in [0.15, 0.2) is 12.2 Å². The SMILES string of the molecule is C=C(C)C(=O)CC1C2CC3C(OC(=O)C13)C2C(=O)OC(C(F)(F)F)C(F)(F)S(=O)(=O)O. The van der Waals surface area contributed by atoms with Gasteiger partial charge in [0, 0.05) is 12.3 Å². The van der Waals surface area contributed by atoms with Crippen LogP contribution in [0.3, 0.4) is 0 Å². The molecule has 0 aromatic heterocycles. The molecule has 0 spiro atoms. The first kappa shape index (κ1) is 23.6. The largest absolute Gasteiger partial charge is 0.461 e. The molecular formula is C17H17F5O8S. The van der Waals surface area contributed by atoms with Crippen LogP contribution < -0.4 is 0 Å². The van der Waals surface area contributed by atoms with Gasteiger partial charge >= 0.3 is 33.5 Å². The maximum Gasteiger partial charge on any atom is 0.432 e. The summed E-state index contributed by atoms with van der Waals surface area (Å²) in [4.78, 5) is 36.7. The van der Waals surface area contributed by atoms with E-state index in [4.69, 9.17) is 9.29 Å². The van der Waals surface area contributed by atoms with Crippen molar-refractivity contribution in [1.29, 1.82) is 0 Å². The number of Topliss-reactive ketones (excluding diaryl/α,β-unsaturated/α-hetero) is 1. The Bertz CT molecular complexity index is 943. The summed E-state index contributed by atoms with van der Waals surface area (Å²) in [5, 5.41) is -5.87. The first-order chi connectivity index (χ1) is 14.0. The lowest BCUT2D eigenvalue weighted by Gasteiger charge is -2.32. The molecule has 7 atom stereocenters. The Balaban J connectivity index is 1.90. The molecule has 0 aromatic rings. The molecule has 174 valence electrons. The van der Waals surface area contributed by atoms with Crippen LogP contribution in [0.5, 0.6) is 0 Å². The summed E-state index contributed by atoms with van der Waals surface area (Å²) >= 11 is 0. The fraction of sp³-hybridized carbons (Fsp3) is 0.706. The van der Waals surface area contributed by atoms with Crippen LogP contribution in [0.2, 0.25) is 0 Å². The number of hydrogen-bond donors (Lipinski definition) is 1. The van der Waals surface area contributed by atoms with Crippen molar-refractivity contribution >= 4 is 27.8 Å². The van der Waals surface area contributed by atoms with Gasteiger partial charge in [-0.2, -0.15) is 30.4 Å².